The highest BCUT2D eigenvalue weighted by Crippen LogP contribution is 2.42. The predicted molar refractivity (Wildman–Crippen MR) is 92.1 cm³/mol. The molecule has 7 nitrogen and oxygen atoms in total. The van der Waals surface area contributed by atoms with E-state index >= 15 is 0 Å². The Morgan fingerprint density at radius 1 is 1.15 bits per heavy atom. The molecule has 1 aliphatic heterocycles. The number of amidine groups is 1. The molecule has 1 aromatic heterocycles. The molecule has 0 fully saturated rings. The molecule has 0 aliphatic carbocycles. The Balaban J connectivity index is 2.19. The van der Waals surface area contributed by atoms with Crippen LogP contribution in [-0.4, -0.2) is 32.6 Å². The summed E-state index contributed by atoms with van der Waals surface area (Å²) in [5.74, 6) is -0.0794. The maximum Gasteiger partial charge on any atom is 0.576 e. The number of methoxy groups -OCH3 is 1. The SMILES string of the molecule is COc1cncc(C2=NC=C[N+]2(c2ccc(S(N)(=O)=O)cc2)C(F)(F)F)c1. The lowest BCUT2D eigenvalue weighted by atomic mass is 10.1. The summed E-state index contributed by atoms with van der Waals surface area (Å²) in [6.07, 6.45) is -0.309. The zero-order valence-corrected chi connectivity index (χ0v) is 14.7. The van der Waals surface area contributed by atoms with Crippen molar-refractivity contribution in [3.8, 4) is 5.75 Å². The van der Waals surface area contributed by atoms with Gasteiger partial charge in [-0.15, -0.1) is 17.7 Å². The molecule has 2 N–H and O–H groups in total. The number of hydrogen-bond acceptors (Lipinski definition) is 5. The van der Waals surface area contributed by atoms with Crippen molar-refractivity contribution in [3.05, 3.63) is 60.7 Å². The summed E-state index contributed by atoms with van der Waals surface area (Å²) in [6, 6.07) is 5.52. The van der Waals surface area contributed by atoms with Gasteiger partial charge in [-0.1, -0.05) is 0 Å². The van der Waals surface area contributed by atoms with Crippen LogP contribution in [0.25, 0.3) is 0 Å². The zero-order chi connectivity index (χ0) is 19.9. The summed E-state index contributed by atoms with van der Waals surface area (Å²) in [5.41, 5.74) is -0.155. The topological polar surface area (TPSA) is 94.6 Å². The Bertz CT molecular complexity index is 1030. The Kier molecular flexibility index (Phi) is 4.54. The van der Waals surface area contributed by atoms with Crippen LogP contribution in [0, 0.1) is 0 Å². The molecule has 142 valence electrons. The average Bonchev–Trinajstić information content (AvgIpc) is 3.07. The fourth-order valence-electron chi connectivity index (χ4n) is 2.73. The minimum atomic E-state index is -4.81. The van der Waals surface area contributed by atoms with Gasteiger partial charge in [-0.2, -0.15) is 4.99 Å². The number of sulfonamides is 1. The largest absolute Gasteiger partial charge is 0.576 e. The van der Waals surface area contributed by atoms with Crippen molar-refractivity contribution in [1.29, 1.82) is 0 Å². The molecule has 3 rings (SSSR count). The van der Waals surface area contributed by atoms with Gasteiger partial charge in [-0.25, -0.2) is 13.6 Å². The molecule has 1 aliphatic rings. The number of aromatic nitrogens is 1. The van der Waals surface area contributed by atoms with Crippen LogP contribution >= 0.6 is 0 Å². The lowest BCUT2D eigenvalue weighted by Gasteiger charge is -2.32. The van der Waals surface area contributed by atoms with Gasteiger partial charge in [0, 0.05) is 18.3 Å². The second kappa shape index (κ2) is 6.44. The van der Waals surface area contributed by atoms with Gasteiger partial charge in [0.15, 0.2) is 5.69 Å². The molecule has 2 heterocycles. The van der Waals surface area contributed by atoms with E-state index in [0.717, 1.165) is 36.7 Å². The Hall–Kier alpha value is -2.76. The second-order valence-corrected chi connectivity index (χ2v) is 7.16. The summed E-state index contributed by atoms with van der Waals surface area (Å²) in [4.78, 5) is 7.48. The molecular formula is C16H14F3N4O3S+. The summed E-state index contributed by atoms with van der Waals surface area (Å²) in [5, 5.41) is 5.01. The van der Waals surface area contributed by atoms with Crippen LogP contribution in [0.5, 0.6) is 5.75 Å². The highest BCUT2D eigenvalue weighted by Gasteiger charge is 2.61. The van der Waals surface area contributed by atoms with E-state index in [2.05, 4.69) is 9.98 Å². The molecular weight excluding hydrogens is 385 g/mol. The van der Waals surface area contributed by atoms with Crippen molar-refractivity contribution in [2.45, 2.75) is 11.2 Å². The number of pyridine rings is 1. The number of alkyl halides is 3. The van der Waals surface area contributed by atoms with E-state index in [1.54, 1.807) is 0 Å². The average molecular weight is 399 g/mol. The number of rotatable bonds is 4. The van der Waals surface area contributed by atoms with Crippen molar-refractivity contribution < 1.29 is 26.3 Å². The minimum absolute atomic E-state index is 0.104. The number of primary sulfonamides is 1. The van der Waals surface area contributed by atoms with Gasteiger partial charge in [-0.05, 0) is 18.2 Å². The number of aliphatic imine (C=N–C) groups is 1. The van der Waals surface area contributed by atoms with E-state index in [1.807, 2.05) is 0 Å². The third-order valence-corrected chi connectivity index (χ3v) is 4.93. The number of halogens is 3. The number of ether oxygens (including phenoxy) is 1. The normalized spacial score (nSPS) is 19.8. The first kappa shape index (κ1) is 19.0. The van der Waals surface area contributed by atoms with Crippen molar-refractivity contribution in [2.75, 3.05) is 7.11 Å². The molecule has 0 saturated carbocycles. The maximum atomic E-state index is 14.2. The van der Waals surface area contributed by atoms with Crippen LogP contribution in [-0.2, 0) is 10.0 Å². The van der Waals surface area contributed by atoms with E-state index in [1.165, 1.54) is 25.6 Å². The first-order valence-electron chi connectivity index (χ1n) is 7.44. The molecule has 0 saturated heterocycles. The van der Waals surface area contributed by atoms with E-state index < -0.39 is 20.8 Å². The fourth-order valence-corrected chi connectivity index (χ4v) is 3.24. The van der Waals surface area contributed by atoms with Gasteiger partial charge in [0.25, 0.3) is 5.84 Å². The monoisotopic (exact) mass is 399 g/mol. The van der Waals surface area contributed by atoms with Gasteiger partial charge in [0.1, 0.15) is 11.9 Å². The third kappa shape index (κ3) is 3.20. The van der Waals surface area contributed by atoms with Crippen molar-refractivity contribution >= 4 is 21.5 Å². The van der Waals surface area contributed by atoms with Crippen molar-refractivity contribution in [2.24, 2.45) is 10.1 Å². The van der Waals surface area contributed by atoms with Crippen LogP contribution in [0.4, 0.5) is 18.9 Å². The number of nitrogens with zero attached hydrogens (tertiary/aromatic N) is 3. The van der Waals surface area contributed by atoms with Crippen molar-refractivity contribution in [3.63, 3.8) is 0 Å². The van der Waals surface area contributed by atoms with Crippen molar-refractivity contribution in [1.82, 2.24) is 9.47 Å². The molecule has 0 radical (unpaired) electrons. The zero-order valence-electron chi connectivity index (χ0n) is 13.9. The van der Waals surface area contributed by atoms with Gasteiger partial charge in [-0.3, -0.25) is 4.98 Å². The molecule has 27 heavy (non-hydrogen) atoms. The Morgan fingerprint density at radius 3 is 2.37 bits per heavy atom. The first-order chi connectivity index (χ1) is 12.6. The molecule has 0 amide bonds. The number of benzene rings is 1. The summed E-state index contributed by atoms with van der Waals surface area (Å²) >= 11 is 0. The minimum Gasteiger partial charge on any atom is -0.495 e. The number of quaternary nitrogens is 1. The lowest BCUT2D eigenvalue weighted by Crippen LogP contribution is -2.58. The van der Waals surface area contributed by atoms with Gasteiger partial charge >= 0.3 is 6.30 Å². The molecule has 0 bridgehead atoms. The maximum absolute atomic E-state index is 14.2. The third-order valence-electron chi connectivity index (χ3n) is 4.00. The number of hydrogen-bond donors (Lipinski definition) is 1. The van der Waals surface area contributed by atoms with Crippen LogP contribution in [0.1, 0.15) is 5.56 Å². The standard InChI is InChI=1S/C16H14F3N4O3S/c1-26-13-8-11(9-21-10-13)15-22-6-7-23(15,16(17,18)19)12-2-4-14(5-3-12)27(20,24)25/h2-10H,1H3,(H2,20,24,25)/q+1. The van der Waals surface area contributed by atoms with Crippen LogP contribution < -0.4 is 14.4 Å². The molecule has 1 atom stereocenters. The molecule has 1 unspecified atom stereocenters. The summed E-state index contributed by atoms with van der Waals surface area (Å²) in [7, 11) is -2.67. The van der Waals surface area contributed by atoms with E-state index in [0.29, 0.717) is 0 Å². The Morgan fingerprint density at radius 2 is 1.81 bits per heavy atom. The first-order valence-corrected chi connectivity index (χ1v) is 8.99. The summed E-state index contributed by atoms with van der Waals surface area (Å²) in [6.45, 7) is 0. The van der Waals surface area contributed by atoms with Gasteiger partial charge in [0.05, 0.1) is 30.0 Å². The molecule has 0 spiro atoms. The van der Waals surface area contributed by atoms with Crippen LogP contribution in [0.3, 0.4) is 0 Å². The predicted octanol–water partition coefficient (Wildman–Crippen LogP) is 2.50. The fraction of sp³-hybridized carbons (Fsp3) is 0.125. The highest BCUT2D eigenvalue weighted by atomic mass is 32.2. The quantitative estimate of drug-likeness (QED) is 0.631. The molecule has 1 aromatic carbocycles. The van der Waals surface area contributed by atoms with E-state index in [4.69, 9.17) is 9.88 Å². The van der Waals surface area contributed by atoms with E-state index in [9.17, 15) is 21.6 Å². The van der Waals surface area contributed by atoms with E-state index in [-0.39, 0.29) is 27.7 Å². The Labute approximate surface area is 152 Å². The van der Waals surface area contributed by atoms with Crippen LogP contribution in [0.2, 0.25) is 0 Å². The molecule has 2 aromatic rings. The number of nitrogens with two attached hydrogens (primary N) is 1. The van der Waals surface area contributed by atoms with Gasteiger partial charge in [0.2, 0.25) is 10.0 Å². The van der Waals surface area contributed by atoms with Gasteiger partial charge < -0.3 is 4.74 Å². The smallest absolute Gasteiger partial charge is 0.495 e. The van der Waals surface area contributed by atoms with Crippen LogP contribution in [0.15, 0.2) is 65.0 Å². The lowest BCUT2D eigenvalue weighted by molar-refractivity contribution is -0.196. The second-order valence-electron chi connectivity index (χ2n) is 5.59. The molecule has 11 heteroatoms. The summed E-state index contributed by atoms with van der Waals surface area (Å²) < 4.78 is 68.7. The highest BCUT2D eigenvalue weighted by molar-refractivity contribution is 7.89.